The predicted molar refractivity (Wildman–Crippen MR) is 152 cm³/mol. The first-order valence-electron chi connectivity index (χ1n) is 14.9. The fraction of sp³-hybridized carbons (Fsp3) is 0.800. The van der Waals surface area contributed by atoms with Crippen LogP contribution in [0.25, 0.3) is 11.0 Å². The van der Waals surface area contributed by atoms with Crippen molar-refractivity contribution in [3.05, 3.63) is 12.1 Å². The van der Waals surface area contributed by atoms with Crippen LogP contribution in [0.4, 0.5) is 0 Å². The van der Waals surface area contributed by atoms with Gasteiger partial charge in [0.25, 0.3) is 0 Å². The zero-order valence-corrected chi connectivity index (χ0v) is 23.6. The van der Waals surface area contributed by atoms with Gasteiger partial charge in [-0.1, -0.05) is 129 Å². The molecule has 0 fully saturated rings. The lowest BCUT2D eigenvalue weighted by Gasteiger charge is -2.13. The summed E-state index contributed by atoms with van der Waals surface area (Å²) in [7, 11) is 0. The fourth-order valence-corrected chi connectivity index (χ4v) is 5.07. The summed E-state index contributed by atoms with van der Waals surface area (Å²) in [6, 6.07) is 4.01. The smallest absolute Gasteiger partial charge is 0.163 e. The van der Waals surface area contributed by atoms with E-state index in [1.54, 1.807) is 0 Å². The highest BCUT2D eigenvalue weighted by atomic mass is 32.1. The van der Waals surface area contributed by atoms with Gasteiger partial charge in [0.15, 0.2) is 11.5 Å². The van der Waals surface area contributed by atoms with Crippen LogP contribution in [0.1, 0.15) is 142 Å². The highest BCUT2D eigenvalue weighted by Gasteiger charge is 2.11. The van der Waals surface area contributed by atoms with Crippen molar-refractivity contribution in [2.24, 2.45) is 0 Å². The SMILES string of the molecule is CCCCCCCCCCCCOc1cc2nsnc2cc1OCCCCCCCCCCCC. The van der Waals surface area contributed by atoms with Crippen LogP contribution in [-0.4, -0.2) is 22.0 Å². The maximum Gasteiger partial charge on any atom is 0.163 e. The zero-order valence-electron chi connectivity index (χ0n) is 22.8. The van der Waals surface area contributed by atoms with Gasteiger partial charge in [0, 0.05) is 12.1 Å². The largest absolute Gasteiger partial charge is 0.490 e. The zero-order chi connectivity index (χ0) is 24.8. The highest BCUT2D eigenvalue weighted by Crippen LogP contribution is 2.32. The topological polar surface area (TPSA) is 44.2 Å². The second-order valence-electron chi connectivity index (χ2n) is 10.1. The Hall–Kier alpha value is -1.36. The van der Waals surface area contributed by atoms with Crippen molar-refractivity contribution in [2.75, 3.05) is 13.2 Å². The number of fused-ring (bicyclic) bond motifs is 1. The molecule has 1 aromatic heterocycles. The van der Waals surface area contributed by atoms with E-state index in [1.807, 2.05) is 12.1 Å². The molecule has 0 aliphatic carbocycles. The molecule has 0 radical (unpaired) electrons. The van der Waals surface area contributed by atoms with Crippen LogP contribution in [0.5, 0.6) is 11.5 Å². The van der Waals surface area contributed by atoms with E-state index < -0.39 is 0 Å². The van der Waals surface area contributed by atoms with Gasteiger partial charge in [0.05, 0.1) is 24.9 Å². The lowest BCUT2D eigenvalue weighted by molar-refractivity contribution is 0.259. The van der Waals surface area contributed by atoms with Crippen LogP contribution in [0.15, 0.2) is 12.1 Å². The van der Waals surface area contributed by atoms with Crippen LogP contribution in [0.3, 0.4) is 0 Å². The van der Waals surface area contributed by atoms with Crippen LogP contribution < -0.4 is 9.47 Å². The molecule has 1 aromatic carbocycles. The Morgan fingerprint density at radius 3 is 1.14 bits per heavy atom. The van der Waals surface area contributed by atoms with Gasteiger partial charge >= 0.3 is 0 Å². The van der Waals surface area contributed by atoms with Gasteiger partial charge in [0.2, 0.25) is 0 Å². The Balaban J connectivity index is 1.58. The number of benzene rings is 1. The summed E-state index contributed by atoms with van der Waals surface area (Å²) < 4.78 is 21.1. The first-order chi connectivity index (χ1) is 17.3. The van der Waals surface area contributed by atoms with Crippen molar-refractivity contribution < 1.29 is 9.47 Å². The van der Waals surface area contributed by atoms with Gasteiger partial charge in [0.1, 0.15) is 11.0 Å². The molecule has 4 nitrogen and oxygen atoms in total. The van der Waals surface area contributed by atoms with Gasteiger partial charge in [-0.2, -0.15) is 8.75 Å². The first-order valence-corrected chi connectivity index (χ1v) is 15.6. The molecule has 200 valence electrons. The lowest BCUT2D eigenvalue weighted by Crippen LogP contribution is -2.03. The third kappa shape index (κ3) is 14.1. The van der Waals surface area contributed by atoms with E-state index in [2.05, 4.69) is 22.6 Å². The summed E-state index contributed by atoms with van der Waals surface area (Å²) in [5.41, 5.74) is 1.80. The molecule has 1 heterocycles. The summed E-state index contributed by atoms with van der Waals surface area (Å²) in [6.45, 7) is 6.05. The van der Waals surface area contributed by atoms with Gasteiger partial charge in [-0.3, -0.25) is 0 Å². The third-order valence-corrected chi connectivity index (χ3v) is 7.39. The second-order valence-corrected chi connectivity index (χ2v) is 10.6. The van der Waals surface area contributed by atoms with Crippen molar-refractivity contribution in [1.82, 2.24) is 8.75 Å². The third-order valence-electron chi connectivity index (χ3n) is 6.83. The average molecular weight is 505 g/mol. The van der Waals surface area contributed by atoms with E-state index in [9.17, 15) is 0 Å². The van der Waals surface area contributed by atoms with E-state index in [0.717, 1.165) is 48.6 Å². The molecule has 0 bridgehead atoms. The van der Waals surface area contributed by atoms with Crippen molar-refractivity contribution in [1.29, 1.82) is 0 Å². The Morgan fingerprint density at radius 2 is 0.800 bits per heavy atom. The standard InChI is InChI=1S/C30H52N2O2S/c1-3-5-7-9-11-13-15-17-19-21-23-33-29-25-27-28(32-35-31-27)26-30(29)34-24-22-20-18-16-14-12-10-8-6-4-2/h25-26H,3-24H2,1-2H3. The molecule has 0 amide bonds. The van der Waals surface area contributed by atoms with Gasteiger partial charge in [-0.25, -0.2) is 0 Å². The minimum absolute atomic E-state index is 0.744. The van der Waals surface area contributed by atoms with Gasteiger partial charge in [-0.05, 0) is 12.8 Å². The maximum atomic E-state index is 6.15. The Kier molecular flexibility index (Phi) is 17.7. The molecule has 0 aliphatic rings. The molecule has 2 aromatic rings. The van der Waals surface area contributed by atoms with Crippen LogP contribution in [0.2, 0.25) is 0 Å². The molecule has 0 saturated heterocycles. The number of ether oxygens (including phenoxy) is 2. The molecule has 0 unspecified atom stereocenters. The average Bonchev–Trinajstić information content (AvgIpc) is 3.33. The highest BCUT2D eigenvalue weighted by molar-refractivity contribution is 7.00. The molecule has 0 saturated carbocycles. The van der Waals surface area contributed by atoms with Crippen LogP contribution >= 0.6 is 11.7 Å². The minimum atomic E-state index is 0.744. The molecular formula is C30H52N2O2S. The number of rotatable bonds is 24. The number of aromatic nitrogens is 2. The van der Waals surface area contributed by atoms with Crippen molar-refractivity contribution in [2.45, 2.75) is 142 Å². The number of nitrogens with zero attached hydrogens (tertiary/aromatic N) is 2. The monoisotopic (exact) mass is 504 g/mol. The van der Waals surface area contributed by atoms with E-state index in [-0.39, 0.29) is 0 Å². The molecule has 5 heteroatoms. The molecule has 0 atom stereocenters. The summed E-state index contributed by atoms with van der Waals surface area (Å²) in [4.78, 5) is 0. The number of hydrogen-bond donors (Lipinski definition) is 0. The van der Waals surface area contributed by atoms with Crippen LogP contribution in [-0.2, 0) is 0 Å². The molecule has 0 N–H and O–H groups in total. The Labute approximate surface area is 219 Å². The Morgan fingerprint density at radius 1 is 0.486 bits per heavy atom. The summed E-state index contributed by atoms with van der Waals surface area (Å²) in [6.07, 6.45) is 26.7. The first kappa shape index (κ1) is 29.9. The fourth-order valence-electron chi connectivity index (χ4n) is 4.56. The number of hydrogen-bond acceptors (Lipinski definition) is 5. The molecule has 0 aliphatic heterocycles. The molecule has 0 spiro atoms. The normalized spacial score (nSPS) is 11.4. The maximum absolute atomic E-state index is 6.15. The lowest BCUT2D eigenvalue weighted by atomic mass is 10.1. The minimum Gasteiger partial charge on any atom is -0.490 e. The van der Waals surface area contributed by atoms with Crippen molar-refractivity contribution >= 4 is 22.8 Å². The van der Waals surface area contributed by atoms with Crippen LogP contribution in [0, 0.1) is 0 Å². The summed E-state index contributed by atoms with van der Waals surface area (Å²) >= 11 is 1.25. The second kappa shape index (κ2) is 20.8. The van der Waals surface area contributed by atoms with E-state index in [1.165, 1.54) is 127 Å². The van der Waals surface area contributed by atoms with Gasteiger partial charge in [-0.15, -0.1) is 0 Å². The van der Waals surface area contributed by atoms with Crippen molar-refractivity contribution in [3.8, 4) is 11.5 Å². The Bertz CT molecular complexity index is 689. The van der Waals surface area contributed by atoms with E-state index in [0.29, 0.717) is 0 Å². The number of unbranched alkanes of at least 4 members (excludes halogenated alkanes) is 18. The quantitative estimate of drug-likeness (QED) is 0.133. The summed E-state index contributed by atoms with van der Waals surface area (Å²) in [5.74, 6) is 1.65. The molecule has 2 rings (SSSR count). The van der Waals surface area contributed by atoms with E-state index >= 15 is 0 Å². The summed E-state index contributed by atoms with van der Waals surface area (Å²) in [5, 5.41) is 0. The van der Waals surface area contributed by atoms with E-state index in [4.69, 9.17) is 9.47 Å². The van der Waals surface area contributed by atoms with Crippen molar-refractivity contribution in [3.63, 3.8) is 0 Å². The molecule has 35 heavy (non-hydrogen) atoms. The van der Waals surface area contributed by atoms with Gasteiger partial charge < -0.3 is 9.47 Å². The molecular weight excluding hydrogens is 452 g/mol. The predicted octanol–water partition coefficient (Wildman–Crippen LogP) is 10.3.